The molecule has 1 fully saturated rings. The van der Waals surface area contributed by atoms with Crippen LogP contribution in [-0.4, -0.2) is 35.0 Å². The molecular formula is C16H29NO3. The zero-order valence-electron chi connectivity index (χ0n) is 13.2. The summed E-state index contributed by atoms with van der Waals surface area (Å²) in [6.07, 6.45) is 7.46. The quantitative estimate of drug-likeness (QED) is 0.760. The Labute approximate surface area is 122 Å². The van der Waals surface area contributed by atoms with Gasteiger partial charge in [0.25, 0.3) is 0 Å². The molecule has 0 radical (unpaired) electrons. The van der Waals surface area contributed by atoms with Crippen LogP contribution in [0.15, 0.2) is 0 Å². The lowest BCUT2D eigenvalue weighted by Gasteiger charge is -2.32. The number of carbonyl (C=O) groups is 2. The summed E-state index contributed by atoms with van der Waals surface area (Å²) in [6.45, 7) is 4.13. The highest BCUT2D eigenvalue weighted by atomic mass is 16.4. The van der Waals surface area contributed by atoms with E-state index in [1.54, 1.807) is 11.9 Å². The number of hydrogen-bond acceptors (Lipinski definition) is 2. The highest BCUT2D eigenvalue weighted by molar-refractivity contribution is 5.85. The van der Waals surface area contributed by atoms with Crippen molar-refractivity contribution in [3.05, 3.63) is 0 Å². The van der Waals surface area contributed by atoms with Crippen LogP contribution in [0.5, 0.6) is 0 Å². The van der Waals surface area contributed by atoms with Crippen LogP contribution in [0.1, 0.15) is 71.6 Å². The third-order valence-corrected chi connectivity index (χ3v) is 4.76. The first-order chi connectivity index (χ1) is 9.43. The van der Waals surface area contributed by atoms with Crippen LogP contribution in [0.3, 0.4) is 0 Å². The Balaban J connectivity index is 2.74. The van der Waals surface area contributed by atoms with Crippen molar-refractivity contribution in [3.63, 3.8) is 0 Å². The van der Waals surface area contributed by atoms with Crippen LogP contribution in [0.25, 0.3) is 0 Å². The van der Waals surface area contributed by atoms with Gasteiger partial charge in [0.15, 0.2) is 0 Å². The molecule has 0 heterocycles. The Hall–Kier alpha value is -1.06. The van der Waals surface area contributed by atoms with Gasteiger partial charge < -0.3 is 10.0 Å². The molecule has 1 aliphatic rings. The van der Waals surface area contributed by atoms with Gasteiger partial charge in [-0.3, -0.25) is 9.59 Å². The fraction of sp³-hybridized carbons (Fsp3) is 0.875. The molecule has 20 heavy (non-hydrogen) atoms. The maximum absolute atomic E-state index is 12.4. The fourth-order valence-electron chi connectivity index (χ4n) is 3.14. The molecular weight excluding hydrogens is 254 g/mol. The second kappa shape index (κ2) is 7.65. The zero-order chi connectivity index (χ0) is 15.2. The van der Waals surface area contributed by atoms with Gasteiger partial charge in [0.2, 0.25) is 5.91 Å². The standard InChI is InChI=1S/C16H29NO3/c1-4-9-13(2)17(3)14(18)12-16(15(19)20)10-7-5-6-8-11-16/h13H,4-12H2,1-3H3,(H,19,20). The molecule has 1 atom stereocenters. The largest absolute Gasteiger partial charge is 0.481 e. The molecule has 1 aliphatic carbocycles. The molecule has 116 valence electrons. The molecule has 1 rings (SSSR count). The Morgan fingerprint density at radius 2 is 1.75 bits per heavy atom. The number of nitrogens with zero attached hydrogens (tertiary/aromatic N) is 1. The lowest BCUT2D eigenvalue weighted by molar-refractivity contribution is -0.155. The lowest BCUT2D eigenvalue weighted by Crippen LogP contribution is -2.41. The summed E-state index contributed by atoms with van der Waals surface area (Å²) in [7, 11) is 1.80. The van der Waals surface area contributed by atoms with Gasteiger partial charge in [-0.25, -0.2) is 0 Å². The second-order valence-corrected chi connectivity index (χ2v) is 6.32. The first kappa shape index (κ1) is 17.0. The van der Waals surface area contributed by atoms with Crippen molar-refractivity contribution in [1.29, 1.82) is 0 Å². The molecule has 1 N–H and O–H groups in total. The Bertz CT molecular complexity index is 333. The van der Waals surface area contributed by atoms with Gasteiger partial charge in [0, 0.05) is 19.5 Å². The van der Waals surface area contributed by atoms with Crippen molar-refractivity contribution >= 4 is 11.9 Å². The van der Waals surface area contributed by atoms with Crippen molar-refractivity contribution < 1.29 is 14.7 Å². The van der Waals surface area contributed by atoms with Crippen LogP contribution in [0, 0.1) is 5.41 Å². The molecule has 1 amide bonds. The Morgan fingerprint density at radius 3 is 2.20 bits per heavy atom. The minimum atomic E-state index is -0.826. The van der Waals surface area contributed by atoms with E-state index >= 15 is 0 Å². The molecule has 4 nitrogen and oxygen atoms in total. The molecule has 0 bridgehead atoms. The van der Waals surface area contributed by atoms with Crippen LogP contribution in [-0.2, 0) is 9.59 Å². The van der Waals surface area contributed by atoms with E-state index < -0.39 is 11.4 Å². The lowest BCUT2D eigenvalue weighted by atomic mass is 9.77. The maximum atomic E-state index is 12.4. The average molecular weight is 283 g/mol. The van der Waals surface area contributed by atoms with E-state index in [0.717, 1.165) is 38.5 Å². The van der Waals surface area contributed by atoms with E-state index in [9.17, 15) is 14.7 Å². The van der Waals surface area contributed by atoms with Crippen molar-refractivity contribution in [1.82, 2.24) is 4.90 Å². The third-order valence-electron chi connectivity index (χ3n) is 4.76. The highest BCUT2D eigenvalue weighted by Crippen LogP contribution is 2.39. The van der Waals surface area contributed by atoms with Crippen LogP contribution in [0.4, 0.5) is 0 Å². The van der Waals surface area contributed by atoms with Crippen molar-refractivity contribution in [2.75, 3.05) is 7.05 Å². The van der Waals surface area contributed by atoms with Gasteiger partial charge >= 0.3 is 5.97 Å². The summed E-state index contributed by atoms with van der Waals surface area (Å²) >= 11 is 0. The molecule has 0 aromatic heterocycles. The highest BCUT2D eigenvalue weighted by Gasteiger charge is 2.41. The SMILES string of the molecule is CCCC(C)N(C)C(=O)CC1(C(=O)O)CCCCCC1. The Kier molecular flexibility index (Phi) is 6.50. The minimum absolute atomic E-state index is 0.0183. The fourth-order valence-corrected chi connectivity index (χ4v) is 3.14. The van der Waals surface area contributed by atoms with Crippen molar-refractivity contribution in [2.24, 2.45) is 5.41 Å². The third kappa shape index (κ3) is 4.22. The molecule has 1 saturated carbocycles. The van der Waals surface area contributed by atoms with E-state index in [2.05, 4.69) is 6.92 Å². The van der Waals surface area contributed by atoms with Gasteiger partial charge in [0.05, 0.1) is 5.41 Å². The number of carboxylic acid groups (broad SMARTS) is 1. The molecule has 4 heteroatoms. The Morgan fingerprint density at radius 1 is 1.20 bits per heavy atom. The van der Waals surface area contributed by atoms with E-state index in [0.29, 0.717) is 12.8 Å². The summed E-state index contributed by atoms with van der Waals surface area (Å²) in [5.41, 5.74) is -0.826. The van der Waals surface area contributed by atoms with Gasteiger partial charge in [-0.1, -0.05) is 39.0 Å². The summed E-state index contributed by atoms with van der Waals surface area (Å²) < 4.78 is 0. The zero-order valence-corrected chi connectivity index (χ0v) is 13.2. The first-order valence-corrected chi connectivity index (χ1v) is 7.92. The van der Waals surface area contributed by atoms with Gasteiger partial charge in [-0.05, 0) is 26.2 Å². The smallest absolute Gasteiger partial charge is 0.310 e. The number of aliphatic carboxylic acids is 1. The van der Waals surface area contributed by atoms with Gasteiger partial charge in [0.1, 0.15) is 0 Å². The predicted molar refractivity (Wildman–Crippen MR) is 79.5 cm³/mol. The summed E-state index contributed by atoms with van der Waals surface area (Å²) in [4.78, 5) is 25.9. The molecule has 0 spiro atoms. The maximum Gasteiger partial charge on any atom is 0.310 e. The molecule has 0 aromatic carbocycles. The van der Waals surface area contributed by atoms with Crippen molar-refractivity contribution in [2.45, 2.75) is 77.7 Å². The minimum Gasteiger partial charge on any atom is -0.481 e. The summed E-state index contributed by atoms with van der Waals surface area (Å²) in [5, 5.41) is 9.62. The number of hydrogen-bond donors (Lipinski definition) is 1. The normalized spacial score (nSPS) is 19.9. The topological polar surface area (TPSA) is 57.6 Å². The molecule has 0 saturated heterocycles. The van der Waals surface area contributed by atoms with Crippen LogP contribution in [0.2, 0.25) is 0 Å². The molecule has 0 aromatic rings. The summed E-state index contributed by atoms with van der Waals surface area (Å²) in [6, 6.07) is 0.184. The van der Waals surface area contributed by atoms with E-state index in [1.807, 2.05) is 6.92 Å². The monoisotopic (exact) mass is 283 g/mol. The van der Waals surface area contributed by atoms with Crippen LogP contribution < -0.4 is 0 Å². The van der Waals surface area contributed by atoms with E-state index in [1.165, 1.54) is 0 Å². The van der Waals surface area contributed by atoms with E-state index in [4.69, 9.17) is 0 Å². The predicted octanol–water partition coefficient (Wildman–Crippen LogP) is 3.45. The molecule has 1 unspecified atom stereocenters. The van der Waals surface area contributed by atoms with Crippen molar-refractivity contribution in [3.8, 4) is 0 Å². The first-order valence-electron chi connectivity index (χ1n) is 7.92. The average Bonchev–Trinajstić information content (AvgIpc) is 2.64. The van der Waals surface area contributed by atoms with Crippen LogP contribution >= 0.6 is 0 Å². The van der Waals surface area contributed by atoms with E-state index in [-0.39, 0.29) is 18.4 Å². The van der Waals surface area contributed by atoms with Gasteiger partial charge in [-0.15, -0.1) is 0 Å². The molecule has 0 aliphatic heterocycles. The second-order valence-electron chi connectivity index (χ2n) is 6.32. The summed E-state index contributed by atoms with van der Waals surface area (Å²) in [5.74, 6) is -0.806. The number of rotatable bonds is 6. The number of carbonyl (C=O) groups excluding carboxylic acids is 1. The number of carboxylic acids is 1. The van der Waals surface area contributed by atoms with Gasteiger partial charge in [-0.2, -0.15) is 0 Å². The number of amides is 1.